The minimum atomic E-state index is -0.747. The molecule has 0 radical (unpaired) electrons. The molecule has 38 heavy (non-hydrogen) atoms. The SMILES string of the molecule is CC[C@H](C)NC(=O)[C@@H](Cc1ccccc1)N(Cc1c(Cl)cccc1Cl)C(=O)CCc1ccc2c(c1)OCO2. The summed E-state index contributed by atoms with van der Waals surface area (Å²) in [7, 11) is 0. The van der Waals surface area contributed by atoms with Crippen LogP contribution in [0, 0.1) is 0 Å². The summed E-state index contributed by atoms with van der Waals surface area (Å²) in [5.41, 5.74) is 2.51. The van der Waals surface area contributed by atoms with Crippen LogP contribution in [0.15, 0.2) is 66.7 Å². The second kappa shape index (κ2) is 13.0. The molecule has 0 spiro atoms. The van der Waals surface area contributed by atoms with Gasteiger partial charge in [0.05, 0.1) is 0 Å². The largest absolute Gasteiger partial charge is 0.454 e. The van der Waals surface area contributed by atoms with Gasteiger partial charge in [0.1, 0.15) is 6.04 Å². The van der Waals surface area contributed by atoms with E-state index in [9.17, 15) is 9.59 Å². The fourth-order valence-corrected chi connectivity index (χ4v) is 4.86. The molecule has 0 fully saturated rings. The number of amides is 2. The monoisotopic (exact) mass is 554 g/mol. The third-order valence-corrected chi connectivity index (χ3v) is 7.44. The first-order valence-electron chi connectivity index (χ1n) is 12.8. The summed E-state index contributed by atoms with van der Waals surface area (Å²) in [6.07, 6.45) is 1.82. The van der Waals surface area contributed by atoms with Crippen LogP contribution in [0.5, 0.6) is 11.5 Å². The molecule has 3 aromatic rings. The Hall–Kier alpha value is -3.22. The van der Waals surface area contributed by atoms with E-state index in [2.05, 4.69) is 5.32 Å². The maximum atomic E-state index is 13.9. The topological polar surface area (TPSA) is 67.9 Å². The summed E-state index contributed by atoms with van der Waals surface area (Å²) in [6, 6.07) is 19.8. The first-order valence-corrected chi connectivity index (χ1v) is 13.6. The van der Waals surface area contributed by atoms with Crippen molar-refractivity contribution in [2.24, 2.45) is 0 Å². The molecule has 8 heteroatoms. The Kier molecular flexibility index (Phi) is 9.53. The highest BCUT2D eigenvalue weighted by molar-refractivity contribution is 6.36. The van der Waals surface area contributed by atoms with Gasteiger partial charge in [-0.15, -0.1) is 0 Å². The second-order valence-electron chi connectivity index (χ2n) is 9.43. The fourth-order valence-electron chi connectivity index (χ4n) is 4.34. The van der Waals surface area contributed by atoms with Gasteiger partial charge in [-0.2, -0.15) is 0 Å². The molecule has 200 valence electrons. The predicted molar refractivity (Wildman–Crippen MR) is 150 cm³/mol. The highest BCUT2D eigenvalue weighted by Gasteiger charge is 2.31. The van der Waals surface area contributed by atoms with Gasteiger partial charge >= 0.3 is 0 Å². The lowest BCUT2D eigenvalue weighted by Gasteiger charge is -2.33. The molecule has 0 unspecified atom stereocenters. The molecular formula is C30H32Cl2N2O4. The van der Waals surface area contributed by atoms with Gasteiger partial charge in [0.2, 0.25) is 18.6 Å². The van der Waals surface area contributed by atoms with E-state index in [1.807, 2.05) is 62.4 Å². The Morgan fingerprint density at radius 2 is 1.66 bits per heavy atom. The first-order chi connectivity index (χ1) is 18.4. The number of hydrogen-bond donors (Lipinski definition) is 1. The number of benzene rings is 3. The van der Waals surface area contributed by atoms with Crippen molar-refractivity contribution in [1.82, 2.24) is 10.2 Å². The van der Waals surface area contributed by atoms with E-state index in [0.717, 1.165) is 17.5 Å². The number of nitrogens with zero attached hydrogens (tertiary/aromatic N) is 1. The van der Waals surface area contributed by atoms with Crippen LogP contribution in [0.4, 0.5) is 0 Å². The minimum absolute atomic E-state index is 0.0322. The van der Waals surface area contributed by atoms with Crippen LogP contribution in [0.1, 0.15) is 43.4 Å². The molecule has 4 rings (SSSR count). The average Bonchev–Trinajstić information content (AvgIpc) is 3.39. The van der Waals surface area contributed by atoms with Crippen LogP contribution in [0.2, 0.25) is 10.0 Å². The van der Waals surface area contributed by atoms with Crippen molar-refractivity contribution in [1.29, 1.82) is 0 Å². The van der Waals surface area contributed by atoms with Crippen LogP contribution in [0.3, 0.4) is 0 Å². The third-order valence-electron chi connectivity index (χ3n) is 6.73. The first kappa shape index (κ1) is 27.8. The van der Waals surface area contributed by atoms with Crippen molar-refractivity contribution in [3.05, 3.63) is 93.5 Å². The summed E-state index contributed by atoms with van der Waals surface area (Å²) < 4.78 is 10.9. The van der Waals surface area contributed by atoms with E-state index in [0.29, 0.717) is 39.9 Å². The number of rotatable bonds is 11. The maximum absolute atomic E-state index is 13.9. The third kappa shape index (κ3) is 7.00. The van der Waals surface area contributed by atoms with Crippen LogP contribution >= 0.6 is 23.2 Å². The van der Waals surface area contributed by atoms with Gasteiger partial charge in [0.25, 0.3) is 0 Å². The molecule has 0 saturated heterocycles. The normalized spacial score (nSPS) is 13.6. The van der Waals surface area contributed by atoms with E-state index in [4.69, 9.17) is 32.7 Å². The van der Waals surface area contributed by atoms with Gasteiger partial charge < -0.3 is 19.7 Å². The highest BCUT2D eigenvalue weighted by atomic mass is 35.5. The molecule has 2 atom stereocenters. The maximum Gasteiger partial charge on any atom is 0.243 e. The van der Waals surface area contributed by atoms with E-state index in [1.165, 1.54) is 0 Å². The highest BCUT2D eigenvalue weighted by Crippen LogP contribution is 2.33. The standard InChI is InChI=1S/C30H32Cl2N2O4/c1-3-20(2)33-30(36)26(16-21-8-5-4-6-9-21)34(18-23-24(31)10-7-11-25(23)32)29(35)15-13-22-12-14-27-28(17-22)38-19-37-27/h4-12,14,17,20,26H,3,13,15-16,18-19H2,1-2H3,(H,33,36)/t20-,26+/m0/s1. The number of nitrogens with one attached hydrogen (secondary N) is 1. The Balaban J connectivity index is 1.64. The molecule has 3 aromatic carbocycles. The van der Waals surface area contributed by atoms with Crippen LogP contribution in [0.25, 0.3) is 0 Å². The van der Waals surface area contributed by atoms with Gasteiger partial charge in [0, 0.05) is 41.0 Å². The molecule has 6 nitrogen and oxygen atoms in total. The van der Waals surface area contributed by atoms with Gasteiger partial charge in [-0.1, -0.05) is 72.6 Å². The molecule has 0 saturated carbocycles. The summed E-state index contributed by atoms with van der Waals surface area (Å²) in [4.78, 5) is 29.1. The number of halogens is 2. The number of hydrogen-bond acceptors (Lipinski definition) is 4. The number of carbonyl (C=O) groups excluding carboxylic acids is 2. The smallest absolute Gasteiger partial charge is 0.243 e. The molecule has 0 bridgehead atoms. The Bertz CT molecular complexity index is 1250. The Morgan fingerprint density at radius 1 is 0.947 bits per heavy atom. The molecule has 2 amide bonds. The summed E-state index contributed by atoms with van der Waals surface area (Å²) in [5, 5.41) is 3.97. The van der Waals surface area contributed by atoms with Crippen LogP contribution < -0.4 is 14.8 Å². The second-order valence-corrected chi connectivity index (χ2v) is 10.2. The molecule has 1 heterocycles. The van der Waals surface area contributed by atoms with Gasteiger partial charge in [-0.3, -0.25) is 9.59 Å². The van der Waals surface area contributed by atoms with E-state index in [1.54, 1.807) is 23.1 Å². The zero-order valence-corrected chi connectivity index (χ0v) is 23.1. The number of carbonyl (C=O) groups is 2. The Labute approximate surface area is 233 Å². The van der Waals surface area contributed by atoms with E-state index >= 15 is 0 Å². The number of aryl methyl sites for hydroxylation is 1. The lowest BCUT2D eigenvalue weighted by atomic mass is 10.0. The van der Waals surface area contributed by atoms with Crippen molar-refractivity contribution < 1.29 is 19.1 Å². The van der Waals surface area contributed by atoms with Crippen molar-refractivity contribution in [2.75, 3.05) is 6.79 Å². The van der Waals surface area contributed by atoms with E-state index in [-0.39, 0.29) is 37.6 Å². The molecule has 0 aromatic heterocycles. The fraction of sp³-hybridized carbons (Fsp3) is 0.333. The predicted octanol–water partition coefficient (Wildman–Crippen LogP) is 6.21. The van der Waals surface area contributed by atoms with E-state index < -0.39 is 6.04 Å². The Morgan fingerprint density at radius 3 is 2.37 bits per heavy atom. The zero-order chi connectivity index (χ0) is 27.1. The zero-order valence-electron chi connectivity index (χ0n) is 21.6. The average molecular weight is 556 g/mol. The summed E-state index contributed by atoms with van der Waals surface area (Å²) in [5.74, 6) is 0.992. The van der Waals surface area contributed by atoms with Crippen molar-refractivity contribution in [3.8, 4) is 11.5 Å². The molecule has 1 aliphatic heterocycles. The van der Waals surface area contributed by atoms with Gasteiger partial charge in [0.15, 0.2) is 11.5 Å². The van der Waals surface area contributed by atoms with Crippen LogP contribution in [-0.4, -0.2) is 35.6 Å². The number of ether oxygens (including phenoxy) is 2. The summed E-state index contributed by atoms with van der Waals surface area (Å²) >= 11 is 13.0. The van der Waals surface area contributed by atoms with Crippen molar-refractivity contribution in [2.45, 2.75) is 58.2 Å². The number of fused-ring (bicyclic) bond motifs is 1. The van der Waals surface area contributed by atoms with Gasteiger partial charge in [-0.05, 0) is 55.2 Å². The van der Waals surface area contributed by atoms with Crippen molar-refractivity contribution >= 4 is 35.0 Å². The molecule has 0 aliphatic carbocycles. The van der Waals surface area contributed by atoms with Crippen LogP contribution in [-0.2, 0) is 29.0 Å². The lowest BCUT2D eigenvalue weighted by Crippen LogP contribution is -2.52. The van der Waals surface area contributed by atoms with Crippen molar-refractivity contribution in [3.63, 3.8) is 0 Å². The molecule has 1 aliphatic rings. The molecular weight excluding hydrogens is 523 g/mol. The minimum Gasteiger partial charge on any atom is -0.454 e. The molecule has 1 N–H and O–H groups in total. The van der Waals surface area contributed by atoms with Gasteiger partial charge in [-0.25, -0.2) is 0 Å². The quantitative estimate of drug-likeness (QED) is 0.306. The lowest BCUT2D eigenvalue weighted by molar-refractivity contribution is -0.141. The summed E-state index contributed by atoms with van der Waals surface area (Å²) in [6.45, 7) is 4.27.